The number of hydrogen-bond acceptors (Lipinski definition) is 7. The lowest BCUT2D eigenvalue weighted by Crippen LogP contribution is -2.14. The van der Waals surface area contributed by atoms with Crippen molar-refractivity contribution in [3.63, 3.8) is 0 Å². The van der Waals surface area contributed by atoms with Gasteiger partial charge in [-0.15, -0.1) is 0 Å². The smallest absolute Gasteiger partial charge is 0.320 e. The van der Waals surface area contributed by atoms with E-state index in [1.54, 1.807) is 6.33 Å². The Morgan fingerprint density at radius 2 is 2.07 bits per heavy atom. The van der Waals surface area contributed by atoms with Gasteiger partial charge >= 0.3 is 6.01 Å². The van der Waals surface area contributed by atoms with E-state index in [2.05, 4.69) is 46.1 Å². The zero-order valence-electron chi connectivity index (χ0n) is 15.2. The van der Waals surface area contributed by atoms with Crippen molar-refractivity contribution in [2.75, 3.05) is 18.9 Å². The second-order valence-electron chi connectivity index (χ2n) is 6.77. The summed E-state index contributed by atoms with van der Waals surface area (Å²) in [6.07, 6.45) is 3.60. The number of ether oxygens (including phenoxy) is 2. The van der Waals surface area contributed by atoms with Gasteiger partial charge in [0.2, 0.25) is 0 Å². The molecule has 1 aliphatic heterocycles. The average Bonchev–Trinajstić information content (AvgIpc) is 3.30. The van der Waals surface area contributed by atoms with Crippen LogP contribution >= 0.6 is 0 Å². The van der Waals surface area contributed by atoms with Crippen LogP contribution in [0.15, 0.2) is 30.6 Å². The van der Waals surface area contributed by atoms with E-state index >= 15 is 0 Å². The lowest BCUT2D eigenvalue weighted by molar-refractivity contribution is -0.0207. The molecule has 27 heavy (non-hydrogen) atoms. The van der Waals surface area contributed by atoms with E-state index in [1.165, 1.54) is 11.1 Å². The molecule has 1 aromatic carbocycles. The molecule has 1 fully saturated rings. The first-order chi connectivity index (χ1) is 13.1. The monoisotopic (exact) mass is 369 g/mol. The van der Waals surface area contributed by atoms with E-state index < -0.39 is 0 Å². The standard InChI is InChI=1S/C19H23N5O3/c1-12-2-4-13(5-3-12)8-9-26-19-22-17(20)16-18(23-19)24(11-21-16)15-7-6-14(10-25)27-15/h2-5,11,14-15,25H,6-10H2,1H3,(H2,20,22,23). The molecule has 0 aliphatic carbocycles. The Bertz CT molecular complexity index is 925. The fraction of sp³-hybridized carbons (Fsp3) is 0.421. The van der Waals surface area contributed by atoms with Gasteiger partial charge in [-0.05, 0) is 25.3 Å². The van der Waals surface area contributed by atoms with Crippen LogP contribution in [0.25, 0.3) is 11.2 Å². The lowest BCUT2D eigenvalue weighted by Gasteiger charge is -2.14. The molecule has 8 nitrogen and oxygen atoms in total. The van der Waals surface area contributed by atoms with Gasteiger partial charge in [-0.25, -0.2) is 4.98 Å². The van der Waals surface area contributed by atoms with Crippen LogP contribution in [0.4, 0.5) is 5.82 Å². The third-order valence-corrected chi connectivity index (χ3v) is 4.77. The molecule has 8 heteroatoms. The molecule has 2 unspecified atom stereocenters. The molecule has 142 valence electrons. The number of nitrogens with two attached hydrogens (primary N) is 1. The molecule has 0 saturated carbocycles. The molecule has 1 saturated heterocycles. The Morgan fingerprint density at radius 1 is 1.26 bits per heavy atom. The predicted octanol–water partition coefficient (Wildman–Crippen LogP) is 2.01. The van der Waals surface area contributed by atoms with Crippen LogP contribution in [0.3, 0.4) is 0 Å². The molecule has 0 bridgehead atoms. The van der Waals surface area contributed by atoms with Gasteiger partial charge in [-0.3, -0.25) is 4.57 Å². The van der Waals surface area contributed by atoms with Gasteiger partial charge in [0, 0.05) is 6.42 Å². The molecular formula is C19H23N5O3. The van der Waals surface area contributed by atoms with Crippen LogP contribution < -0.4 is 10.5 Å². The van der Waals surface area contributed by atoms with Gasteiger partial charge in [-0.2, -0.15) is 9.97 Å². The largest absolute Gasteiger partial charge is 0.463 e. The number of nitrogen functional groups attached to an aromatic ring is 1. The summed E-state index contributed by atoms with van der Waals surface area (Å²) in [6.45, 7) is 2.52. The van der Waals surface area contributed by atoms with Crippen LogP contribution in [-0.4, -0.2) is 43.9 Å². The van der Waals surface area contributed by atoms with E-state index in [0.29, 0.717) is 17.8 Å². The molecule has 0 spiro atoms. The van der Waals surface area contributed by atoms with Crippen molar-refractivity contribution < 1.29 is 14.6 Å². The van der Waals surface area contributed by atoms with Crippen molar-refractivity contribution in [3.8, 4) is 6.01 Å². The highest BCUT2D eigenvalue weighted by Crippen LogP contribution is 2.31. The summed E-state index contributed by atoms with van der Waals surface area (Å²) in [7, 11) is 0. The minimum Gasteiger partial charge on any atom is -0.463 e. The molecule has 4 rings (SSSR count). The van der Waals surface area contributed by atoms with E-state index in [-0.39, 0.29) is 30.8 Å². The van der Waals surface area contributed by atoms with Crippen molar-refractivity contribution in [3.05, 3.63) is 41.7 Å². The quantitative estimate of drug-likeness (QED) is 0.684. The Balaban J connectivity index is 1.50. The van der Waals surface area contributed by atoms with Crippen molar-refractivity contribution in [1.82, 2.24) is 19.5 Å². The fourth-order valence-corrected chi connectivity index (χ4v) is 3.23. The van der Waals surface area contributed by atoms with Gasteiger partial charge in [-0.1, -0.05) is 29.8 Å². The Labute approximate surface area is 157 Å². The van der Waals surface area contributed by atoms with Gasteiger partial charge in [0.1, 0.15) is 6.23 Å². The van der Waals surface area contributed by atoms with Crippen LogP contribution in [0, 0.1) is 6.92 Å². The highest BCUT2D eigenvalue weighted by atomic mass is 16.5. The molecule has 1 aliphatic rings. The van der Waals surface area contributed by atoms with Crippen LogP contribution in [0.2, 0.25) is 0 Å². The molecule has 3 N–H and O–H groups in total. The van der Waals surface area contributed by atoms with E-state index in [0.717, 1.165) is 19.3 Å². The van der Waals surface area contributed by atoms with Crippen molar-refractivity contribution >= 4 is 17.0 Å². The number of hydrogen-bond donors (Lipinski definition) is 2. The van der Waals surface area contributed by atoms with Gasteiger partial charge in [0.15, 0.2) is 17.0 Å². The van der Waals surface area contributed by atoms with E-state index in [4.69, 9.17) is 15.2 Å². The number of aryl methyl sites for hydroxylation is 1. The maximum Gasteiger partial charge on any atom is 0.320 e. The zero-order chi connectivity index (χ0) is 18.8. The molecular weight excluding hydrogens is 346 g/mol. The predicted molar refractivity (Wildman–Crippen MR) is 100 cm³/mol. The molecule has 2 atom stereocenters. The lowest BCUT2D eigenvalue weighted by atomic mass is 10.1. The summed E-state index contributed by atoms with van der Waals surface area (Å²) in [5.74, 6) is 0.279. The summed E-state index contributed by atoms with van der Waals surface area (Å²) < 4.78 is 13.4. The SMILES string of the molecule is Cc1ccc(CCOc2nc(N)c3ncn(C4CCC(CO)O4)c3n2)cc1. The van der Waals surface area contributed by atoms with E-state index in [9.17, 15) is 5.11 Å². The van der Waals surface area contributed by atoms with Crippen LogP contribution in [0.1, 0.15) is 30.2 Å². The normalized spacial score (nSPS) is 19.6. The third-order valence-electron chi connectivity index (χ3n) is 4.77. The Kier molecular flexibility index (Phi) is 4.91. The number of benzene rings is 1. The summed E-state index contributed by atoms with van der Waals surface area (Å²) >= 11 is 0. The number of rotatable bonds is 6. The fourth-order valence-electron chi connectivity index (χ4n) is 3.23. The summed E-state index contributed by atoms with van der Waals surface area (Å²) in [6, 6.07) is 8.55. The van der Waals surface area contributed by atoms with Gasteiger partial charge in [0.25, 0.3) is 0 Å². The van der Waals surface area contributed by atoms with E-state index in [1.807, 2.05) is 4.57 Å². The summed E-state index contributed by atoms with van der Waals surface area (Å²) in [5, 5.41) is 9.27. The van der Waals surface area contributed by atoms with Crippen LogP contribution in [-0.2, 0) is 11.2 Å². The van der Waals surface area contributed by atoms with Crippen LogP contribution in [0.5, 0.6) is 6.01 Å². The number of aliphatic hydroxyl groups is 1. The maximum absolute atomic E-state index is 9.27. The number of aliphatic hydroxyl groups excluding tert-OH is 1. The number of imidazole rings is 1. The summed E-state index contributed by atoms with van der Waals surface area (Å²) in [4.78, 5) is 13.0. The molecule has 3 heterocycles. The minimum atomic E-state index is -0.221. The average molecular weight is 369 g/mol. The molecule has 2 aromatic heterocycles. The number of anilines is 1. The number of fused-ring (bicyclic) bond motifs is 1. The highest BCUT2D eigenvalue weighted by Gasteiger charge is 2.28. The van der Waals surface area contributed by atoms with Gasteiger partial charge < -0.3 is 20.3 Å². The maximum atomic E-state index is 9.27. The topological polar surface area (TPSA) is 108 Å². The molecule has 0 amide bonds. The molecule has 3 aromatic rings. The number of nitrogens with zero attached hydrogens (tertiary/aromatic N) is 4. The second kappa shape index (κ2) is 7.50. The second-order valence-corrected chi connectivity index (χ2v) is 6.77. The Hall–Kier alpha value is -2.71. The zero-order valence-corrected chi connectivity index (χ0v) is 15.2. The Morgan fingerprint density at radius 3 is 2.81 bits per heavy atom. The first-order valence-electron chi connectivity index (χ1n) is 9.09. The minimum absolute atomic E-state index is 0.00756. The first kappa shape index (κ1) is 17.7. The van der Waals surface area contributed by atoms with Crippen molar-refractivity contribution in [2.45, 2.75) is 38.5 Å². The highest BCUT2D eigenvalue weighted by molar-refractivity contribution is 5.82. The van der Waals surface area contributed by atoms with Gasteiger partial charge in [0.05, 0.1) is 25.6 Å². The van der Waals surface area contributed by atoms with Crippen molar-refractivity contribution in [2.24, 2.45) is 0 Å². The first-order valence-corrected chi connectivity index (χ1v) is 9.09. The third kappa shape index (κ3) is 3.72. The summed E-state index contributed by atoms with van der Waals surface area (Å²) in [5.41, 5.74) is 9.56. The molecule has 0 radical (unpaired) electrons. The van der Waals surface area contributed by atoms with Crippen molar-refractivity contribution in [1.29, 1.82) is 0 Å². The number of aromatic nitrogens is 4.